The van der Waals surface area contributed by atoms with Crippen molar-refractivity contribution in [3.05, 3.63) is 35.9 Å². The van der Waals surface area contributed by atoms with Gasteiger partial charge in [0.15, 0.2) is 6.04 Å². The number of alkyl halides is 3. The van der Waals surface area contributed by atoms with Gasteiger partial charge < -0.3 is 0 Å². The topological polar surface area (TPSA) is 110 Å². The molecule has 7 nitrogen and oxygen atoms in total. The highest BCUT2D eigenvalue weighted by atomic mass is 32.2. The van der Waals surface area contributed by atoms with E-state index in [1.54, 1.807) is 18.2 Å². The zero-order chi connectivity index (χ0) is 17.0. The third kappa shape index (κ3) is 5.11. The standard InChI is InChI=1S/C10H9F3N2O5S2/c11-10(12,13)22(19,20)15-9(16)8(14-21(17)18)6-7-4-2-1-3-5-7/h1-5,8H,6H2,(H,15,16)/t8-/m1/s1. The summed E-state index contributed by atoms with van der Waals surface area (Å²) in [5.74, 6) is -1.69. The van der Waals surface area contributed by atoms with Gasteiger partial charge >= 0.3 is 26.0 Å². The van der Waals surface area contributed by atoms with E-state index in [0.29, 0.717) is 5.56 Å². The van der Waals surface area contributed by atoms with E-state index in [0.717, 1.165) is 4.72 Å². The van der Waals surface area contributed by atoms with Crippen molar-refractivity contribution >= 4 is 26.4 Å². The molecule has 12 heteroatoms. The molecule has 0 spiro atoms. The average molecular weight is 358 g/mol. The van der Waals surface area contributed by atoms with Crippen LogP contribution in [0.25, 0.3) is 0 Å². The summed E-state index contributed by atoms with van der Waals surface area (Å²) in [6.07, 6.45) is -0.381. The first kappa shape index (κ1) is 18.1. The molecular formula is C10H9F3N2O5S2. The summed E-state index contributed by atoms with van der Waals surface area (Å²) in [5.41, 5.74) is -5.31. The zero-order valence-corrected chi connectivity index (χ0v) is 12.2. The number of hydrogen-bond donors (Lipinski definition) is 1. The molecule has 1 rings (SSSR count). The highest BCUT2D eigenvalue weighted by Crippen LogP contribution is 2.21. The van der Waals surface area contributed by atoms with Crippen LogP contribution in [-0.2, 0) is 31.7 Å². The molecule has 1 aromatic carbocycles. The Hall–Kier alpha value is -1.95. The summed E-state index contributed by atoms with van der Waals surface area (Å²) in [6.45, 7) is 0. The monoisotopic (exact) mass is 358 g/mol. The van der Waals surface area contributed by atoms with Crippen molar-refractivity contribution in [2.24, 2.45) is 4.36 Å². The molecule has 0 saturated heterocycles. The van der Waals surface area contributed by atoms with Gasteiger partial charge in [0.2, 0.25) is 0 Å². The number of nitrogens with zero attached hydrogens (tertiary/aromatic N) is 1. The fourth-order valence-electron chi connectivity index (χ4n) is 1.38. The molecule has 1 amide bonds. The van der Waals surface area contributed by atoms with Gasteiger partial charge in [0.05, 0.1) is 0 Å². The largest absolute Gasteiger partial charge is 0.516 e. The van der Waals surface area contributed by atoms with Crippen LogP contribution in [0.15, 0.2) is 34.7 Å². The molecule has 22 heavy (non-hydrogen) atoms. The number of sulfonamides is 1. The van der Waals surface area contributed by atoms with Gasteiger partial charge in [-0.1, -0.05) is 30.3 Å². The van der Waals surface area contributed by atoms with Gasteiger partial charge in [-0.05, 0) is 5.56 Å². The van der Waals surface area contributed by atoms with Crippen LogP contribution in [0.5, 0.6) is 0 Å². The van der Waals surface area contributed by atoms with Gasteiger partial charge in [-0.15, -0.1) is 0 Å². The van der Waals surface area contributed by atoms with E-state index in [9.17, 15) is 34.8 Å². The molecule has 0 radical (unpaired) electrons. The molecule has 0 unspecified atom stereocenters. The summed E-state index contributed by atoms with van der Waals surface area (Å²) in [7, 11) is -9.03. The SMILES string of the molecule is O=C(NS(=O)(=O)C(F)(F)F)[C@@H](Cc1ccccc1)N=S(=O)=O. The van der Waals surface area contributed by atoms with E-state index in [-0.39, 0.29) is 6.42 Å². The highest BCUT2D eigenvalue weighted by molar-refractivity contribution is 7.90. The Labute approximate surface area is 124 Å². The molecule has 0 aliphatic carbocycles. The van der Waals surface area contributed by atoms with E-state index >= 15 is 0 Å². The molecular weight excluding hydrogens is 349 g/mol. The number of carbonyl (C=O) groups excluding carboxylic acids is 1. The summed E-state index contributed by atoms with van der Waals surface area (Å²) >= 11 is 0. The molecule has 0 aromatic heterocycles. The third-order valence-corrected chi connectivity index (χ3v) is 3.83. The van der Waals surface area contributed by atoms with E-state index < -0.39 is 38.0 Å². The van der Waals surface area contributed by atoms with Crippen LogP contribution in [0, 0.1) is 0 Å². The van der Waals surface area contributed by atoms with Gasteiger partial charge in [-0.25, -0.2) is 4.72 Å². The molecule has 0 aliphatic rings. The summed E-state index contributed by atoms with van der Waals surface area (Å²) < 4.78 is 83.1. The molecule has 122 valence electrons. The lowest BCUT2D eigenvalue weighted by atomic mass is 10.1. The van der Waals surface area contributed by atoms with Crippen molar-refractivity contribution in [1.29, 1.82) is 0 Å². The normalized spacial score (nSPS) is 13.2. The van der Waals surface area contributed by atoms with Crippen molar-refractivity contribution in [2.75, 3.05) is 0 Å². The zero-order valence-electron chi connectivity index (χ0n) is 10.6. The van der Waals surface area contributed by atoms with Crippen LogP contribution in [0.4, 0.5) is 13.2 Å². The Balaban J connectivity index is 3.04. The second kappa shape index (κ2) is 6.87. The van der Waals surface area contributed by atoms with Crippen LogP contribution in [-0.4, -0.2) is 34.3 Å². The first-order valence-electron chi connectivity index (χ1n) is 5.50. The Bertz CT molecular complexity index is 765. The lowest BCUT2D eigenvalue weighted by Crippen LogP contribution is -2.44. The van der Waals surface area contributed by atoms with E-state index in [4.69, 9.17) is 0 Å². The Morgan fingerprint density at radius 1 is 1.23 bits per heavy atom. The fraction of sp³-hybridized carbons (Fsp3) is 0.300. The minimum atomic E-state index is -5.93. The molecule has 0 heterocycles. The van der Waals surface area contributed by atoms with E-state index in [2.05, 4.69) is 4.36 Å². The molecule has 0 aliphatic heterocycles. The average Bonchev–Trinajstić information content (AvgIpc) is 2.36. The predicted molar refractivity (Wildman–Crippen MR) is 68.4 cm³/mol. The summed E-state index contributed by atoms with van der Waals surface area (Å²) in [5, 5.41) is 0. The van der Waals surface area contributed by atoms with Gasteiger partial charge in [-0.2, -0.15) is 34.4 Å². The molecule has 1 atom stereocenters. The van der Waals surface area contributed by atoms with Crippen molar-refractivity contribution in [1.82, 2.24) is 4.72 Å². The maximum atomic E-state index is 12.2. The molecule has 0 saturated carbocycles. The first-order valence-corrected chi connectivity index (χ1v) is 8.01. The summed E-state index contributed by atoms with van der Waals surface area (Å²) in [4.78, 5) is 11.6. The maximum Gasteiger partial charge on any atom is 0.516 e. The third-order valence-electron chi connectivity index (χ3n) is 2.33. The van der Waals surface area contributed by atoms with Gasteiger partial charge in [-0.3, -0.25) is 4.79 Å². The number of amides is 1. The summed E-state index contributed by atoms with van der Waals surface area (Å²) in [6, 6.07) is 5.83. The van der Waals surface area contributed by atoms with Gasteiger partial charge in [0, 0.05) is 6.42 Å². The van der Waals surface area contributed by atoms with Crippen LogP contribution >= 0.6 is 0 Å². The second-order valence-corrected chi connectivity index (χ2v) is 6.26. The lowest BCUT2D eigenvalue weighted by Gasteiger charge is -2.13. The molecule has 1 aromatic rings. The first-order chi connectivity index (χ1) is 10.0. The molecule has 0 fully saturated rings. The van der Waals surface area contributed by atoms with Gasteiger partial charge in [0.1, 0.15) is 0 Å². The van der Waals surface area contributed by atoms with Crippen LogP contribution in [0.1, 0.15) is 5.56 Å². The Morgan fingerprint density at radius 2 is 1.77 bits per heavy atom. The number of halogens is 3. The number of benzene rings is 1. The lowest BCUT2D eigenvalue weighted by molar-refractivity contribution is -0.121. The number of nitrogens with one attached hydrogen (secondary N) is 1. The van der Waals surface area contributed by atoms with Crippen molar-refractivity contribution in [3.8, 4) is 0 Å². The number of carbonyl (C=O) groups is 1. The number of hydrogen-bond acceptors (Lipinski definition) is 6. The van der Waals surface area contributed by atoms with Crippen molar-refractivity contribution < 1.29 is 34.8 Å². The number of rotatable bonds is 5. The van der Waals surface area contributed by atoms with E-state index in [1.165, 1.54) is 12.1 Å². The van der Waals surface area contributed by atoms with E-state index in [1.807, 2.05) is 0 Å². The second-order valence-electron chi connectivity index (χ2n) is 3.94. The Kier molecular flexibility index (Phi) is 5.65. The smallest absolute Gasteiger partial charge is 0.271 e. The predicted octanol–water partition coefficient (Wildman–Crippen LogP) is 0.626. The van der Waals surface area contributed by atoms with Crippen LogP contribution in [0.2, 0.25) is 0 Å². The van der Waals surface area contributed by atoms with Crippen LogP contribution in [0.3, 0.4) is 0 Å². The fourth-order valence-corrected chi connectivity index (χ4v) is 2.27. The quantitative estimate of drug-likeness (QED) is 0.830. The highest BCUT2D eigenvalue weighted by Gasteiger charge is 2.47. The minimum Gasteiger partial charge on any atom is -0.271 e. The maximum absolute atomic E-state index is 12.2. The Morgan fingerprint density at radius 3 is 2.23 bits per heavy atom. The van der Waals surface area contributed by atoms with Crippen molar-refractivity contribution in [3.63, 3.8) is 0 Å². The van der Waals surface area contributed by atoms with Crippen molar-refractivity contribution in [2.45, 2.75) is 18.0 Å². The molecule has 1 N–H and O–H groups in total. The van der Waals surface area contributed by atoms with Crippen LogP contribution < -0.4 is 4.72 Å². The minimum absolute atomic E-state index is 0.381. The van der Waals surface area contributed by atoms with Gasteiger partial charge in [0.25, 0.3) is 5.91 Å². The molecule has 0 bridgehead atoms.